The second kappa shape index (κ2) is 6.35. The highest BCUT2D eigenvalue weighted by Crippen LogP contribution is 2.15. The number of nitrogens with one attached hydrogen (secondary N) is 2. The molecule has 0 spiro atoms. The normalized spacial score (nSPS) is 13.6. The molecular weight excluding hydrogens is 240 g/mol. The van der Waals surface area contributed by atoms with Gasteiger partial charge in [0.1, 0.15) is 0 Å². The van der Waals surface area contributed by atoms with E-state index in [1.807, 2.05) is 13.8 Å². The van der Waals surface area contributed by atoms with Crippen LogP contribution in [0.5, 0.6) is 0 Å². The molecule has 0 fully saturated rings. The average molecular weight is 266 g/mol. The van der Waals surface area contributed by atoms with Gasteiger partial charge in [-0.2, -0.15) is 0 Å². The van der Waals surface area contributed by atoms with Gasteiger partial charge in [-0.3, -0.25) is 4.79 Å². The SMILES string of the molecule is COC(C)(C)CC(C)NCc1[nH]cc(C)c(=O)c1C. The lowest BCUT2D eigenvalue weighted by molar-refractivity contribution is 0.00842. The lowest BCUT2D eigenvalue weighted by atomic mass is 10.00. The van der Waals surface area contributed by atoms with Crippen molar-refractivity contribution < 1.29 is 4.74 Å². The zero-order chi connectivity index (χ0) is 14.6. The number of aromatic nitrogens is 1. The molecule has 0 amide bonds. The first-order chi connectivity index (χ1) is 8.76. The van der Waals surface area contributed by atoms with E-state index in [9.17, 15) is 4.79 Å². The van der Waals surface area contributed by atoms with Crippen LogP contribution in [0.3, 0.4) is 0 Å². The van der Waals surface area contributed by atoms with E-state index in [-0.39, 0.29) is 11.0 Å². The first kappa shape index (κ1) is 15.9. The molecule has 0 aliphatic rings. The third kappa shape index (κ3) is 4.48. The van der Waals surface area contributed by atoms with Crippen LogP contribution in [0.4, 0.5) is 0 Å². The molecule has 0 aliphatic heterocycles. The van der Waals surface area contributed by atoms with Gasteiger partial charge in [-0.15, -0.1) is 0 Å². The fraction of sp³-hybridized carbons (Fsp3) is 0.667. The Labute approximate surface area is 115 Å². The zero-order valence-corrected chi connectivity index (χ0v) is 12.9. The highest BCUT2D eigenvalue weighted by molar-refractivity contribution is 5.23. The van der Waals surface area contributed by atoms with Gasteiger partial charge in [0, 0.05) is 42.7 Å². The van der Waals surface area contributed by atoms with E-state index >= 15 is 0 Å². The molecule has 1 atom stereocenters. The predicted octanol–water partition coefficient (Wildman–Crippen LogP) is 2.28. The summed E-state index contributed by atoms with van der Waals surface area (Å²) in [4.78, 5) is 15.0. The minimum atomic E-state index is -0.137. The van der Waals surface area contributed by atoms with Crippen molar-refractivity contribution in [2.45, 2.75) is 59.2 Å². The van der Waals surface area contributed by atoms with Crippen molar-refractivity contribution in [1.82, 2.24) is 10.3 Å². The molecule has 0 saturated carbocycles. The highest BCUT2D eigenvalue weighted by atomic mass is 16.5. The molecule has 1 rings (SSSR count). The fourth-order valence-corrected chi connectivity index (χ4v) is 2.15. The van der Waals surface area contributed by atoms with Gasteiger partial charge in [-0.05, 0) is 41.0 Å². The third-order valence-electron chi connectivity index (χ3n) is 3.59. The summed E-state index contributed by atoms with van der Waals surface area (Å²) in [6.45, 7) is 10.6. The van der Waals surface area contributed by atoms with Crippen LogP contribution < -0.4 is 10.7 Å². The van der Waals surface area contributed by atoms with Crippen LogP contribution in [0.15, 0.2) is 11.0 Å². The van der Waals surface area contributed by atoms with Crippen LogP contribution in [-0.4, -0.2) is 23.7 Å². The minimum absolute atomic E-state index is 0.125. The van der Waals surface area contributed by atoms with Crippen molar-refractivity contribution in [3.63, 3.8) is 0 Å². The smallest absolute Gasteiger partial charge is 0.187 e. The molecule has 1 unspecified atom stereocenters. The summed E-state index contributed by atoms with van der Waals surface area (Å²) >= 11 is 0. The van der Waals surface area contributed by atoms with Gasteiger partial charge in [0.25, 0.3) is 0 Å². The van der Waals surface area contributed by atoms with Crippen LogP contribution in [-0.2, 0) is 11.3 Å². The number of rotatable bonds is 6. The van der Waals surface area contributed by atoms with E-state index in [1.54, 1.807) is 13.3 Å². The zero-order valence-electron chi connectivity index (χ0n) is 12.9. The first-order valence-corrected chi connectivity index (χ1v) is 6.73. The van der Waals surface area contributed by atoms with E-state index in [0.29, 0.717) is 12.6 Å². The van der Waals surface area contributed by atoms with Crippen LogP contribution in [0.1, 0.15) is 44.0 Å². The molecule has 4 nitrogen and oxygen atoms in total. The number of aryl methyl sites for hydroxylation is 1. The maximum absolute atomic E-state index is 11.8. The number of ether oxygens (including phenoxy) is 1. The van der Waals surface area contributed by atoms with Gasteiger partial charge in [-0.1, -0.05) is 0 Å². The molecule has 108 valence electrons. The summed E-state index contributed by atoms with van der Waals surface area (Å²) in [5.41, 5.74) is 2.50. The Kier molecular flexibility index (Phi) is 5.32. The Bertz CT molecular complexity index is 478. The Hall–Kier alpha value is -1.13. The summed E-state index contributed by atoms with van der Waals surface area (Å²) in [6.07, 6.45) is 2.69. The molecule has 0 radical (unpaired) electrons. The molecule has 1 aromatic heterocycles. The van der Waals surface area contributed by atoms with E-state index in [4.69, 9.17) is 4.74 Å². The molecule has 0 aliphatic carbocycles. The van der Waals surface area contributed by atoms with Crippen molar-refractivity contribution in [2.75, 3.05) is 7.11 Å². The van der Waals surface area contributed by atoms with Crippen LogP contribution >= 0.6 is 0 Å². The average Bonchev–Trinajstić information content (AvgIpc) is 2.34. The molecule has 1 heterocycles. The summed E-state index contributed by atoms with van der Waals surface area (Å²) in [7, 11) is 1.73. The summed E-state index contributed by atoms with van der Waals surface area (Å²) in [6, 6.07) is 0.319. The molecule has 4 heteroatoms. The quantitative estimate of drug-likeness (QED) is 0.830. The largest absolute Gasteiger partial charge is 0.379 e. The summed E-state index contributed by atoms with van der Waals surface area (Å²) in [5.74, 6) is 0. The molecule has 2 N–H and O–H groups in total. The molecule has 0 aromatic carbocycles. The Morgan fingerprint density at radius 1 is 1.42 bits per heavy atom. The Balaban J connectivity index is 2.63. The van der Waals surface area contributed by atoms with Gasteiger partial charge in [0.05, 0.1) is 5.60 Å². The second-order valence-corrected chi connectivity index (χ2v) is 5.85. The predicted molar refractivity (Wildman–Crippen MR) is 78.5 cm³/mol. The lowest BCUT2D eigenvalue weighted by Crippen LogP contribution is -2.36. The summed E-state index contributed by atoms with van der Waals surface area (Å²) < 4.78 is 5.42. The van der Waals surface area contributed by atoms with Crippen LogP contribution in [0, 0.1) is 13.8 Å². The topological polar surface area (TPSA) is 54.1 Å². The number of hydrogen-bond acceptors (Lipinski definition) is 3. The van der Waals surface area contributed by atoms with Crippen molar-refractivity contribution in [3.05, 3.63) is 33.2 Å². The third-order valence-corrected chi connectivity index (χ3v) is 3.59. The van der Waals surface area contributed by atoms with E-state index in [1.165, 1.54) is 0 Å². The van der Waals surface area contributed by atoms with Gasteiger partial charge in [0.2, 0.25) is 0 Å². The standard InChI is InChI=1S/C15H26N2O2/c1-10-8-17-13(12(3)14(10)18)9-16-11(2)7-15(4,5)19-6/h8,11,16H,7,9H2,1-6H3,(H,17,18). The molecule has 0 saturated heterocycles. The summed E-state index contributed by atoms with van der Waals surface area (Å²) in [5, 5.41) is 3.43. The van der Waals surface area contributed by atoms with Crippen molar-refractivity contribution in [3.8, 4) is 0 Å². The maximum Gasteiger partial charge on any atom is 0.187 e. The number of aromatic amines is 1. The van der Waals surface area contributed by atoms with Crippen molar-refractivity contribution >= 4 is 0 Å². The Morgan fingerprint density at radius 3 is 2.63 bits per heavy atom. The van der Waals surface area contributed by atoms with E-state index < -0.39 is 0 Å². The molecule has 0 bridgehead atoms. The molecule has 19 heavy (non-hydrogen) atoms. The van der Waals surface area contributed by atoms with E-state index in [2.05, 4.69) is 31.1 Å². The first-order valence-electron chi connectivity index (χ1n) is 6.73. The molecular formula is C15H26N2O2. The van der Waals surface area contributed by atoms with Gasteiger partial charge < -0.3 is 15.0 Å². The number of H-pyrrole nitrogens is 1. The highest BCUT2D eigenvalue weighted by Gasteiger charge is 2.20. The second-order valence-electron chi connectivity index (χ2n) is 5.85. The van der Waals surface area contributed by atoms with Crippen LogP contribution in [0.2, 0.25) is 0 Å². The maximum atomic E-state index is 11.8. The minimum Gasteiger partial charge on any atom is -0.379 e. The fourth-order valence-electron chi connectivity index (χ4n) is 2.15. The van der Waals surface area contributed by atoms with Crippen molar-refractivity contribution in [2.24, 2.45) is 0 Å². The Morgan fingerprint density at radius 2 is 2.05 bits per heavy atom. The van der Waals surface area contributed by atoms with Crippen molar-refractivity contribution in [1.29, 1.82) is 0 Å². The monoisotopic (exact) mass is 266 g/mol. The molecule has 1 aromatic rings. The van der Waals surface area contributed by atoms with E-state index in [0.717, 1.165) is 23.2 Å². The van der Waals surface area contributed by atoms with Crippen LogP contribution in [0.25, 0.3) is 0 Å². The lowest BCUT2D eigenvalue weighted by Gasteiger charge is -2.27. The van der Waals surface area contributed by atoms with Gasteiger partial charge in [-0.25, -0.2) is 0 Å². The van der Waals surface area contributed by atoms with Gasteiger partial charge >= 0.3 is 0 Å². The number of pyridine rings is 1. The number of hydrogen-bond donors (Lipinski definition) is 2. The van der Waals surface area contributed by atoms with Gasteiger partial charge in [0.15, 0.2) is 5.43 Å². The number of methoxy groups -OCH3 is 1.